The summed E-state index contributed by atoms with van der Waals surface area (Å²) in [4.78, 5) is 10.8. The van der Waals surface area contributed by atoms with Gasteiger partial charge in [0, 0.05) is 11.1 Å². The van der Waals surface area contributed by atoms with E-state index in [-0.39, 0.29) is 0 Å². The highest BCUT2D eigenvalue weighted by Crippen LogP contribution is 2.42. The van der Waals surface area contributed by atoms with Crippen LogP contribution in [0.15, 0.2) is 30.3 Å². The molecule has 3 nitrogen and oxygen atoms in total. The maximum atomic E-state index is 10.8. The van der Waals surface area contributed by atoms with Crippen molar-refractivity contribution in [3.8, 4) is 22.6 Å². The van der Waals surface area contributed by atoms with E-state index in [2.05, 4.69) is 0 Å². The van der Waals surface area contributed by atoms with Gasteiger partial charge >= 0.3 is 0 Å². The molecule has 20 heavy (non-hydrogen) atoms. The lowest BCUT2D eigenvalue weighted by atomic mass is 10.0. The average molecular weight is 311 g/mol. The lowest BCUT2D eigenvalue weighted by Gasteiger charge is -2.13. The van der Waals surface area contributed by atoms with E-state index in [1.165, 1.54) is 14.2 Å². The molecule has 0 aliphatic carbocycles. The van der Waals surface area contributed by atoms with E-state index in [0.29, 0.717) is 33.4 Å². The number of halogens is 2. The van der Waals surface area contributed by atoms with Crippen LogP contribution in [0.1, 0.15) is 10.4 Å². The molecule has 2 aromatic carbocycles. The largest absolute Gasteiger partial charge is 0.495 e. The van der Waals surface area contributed by atoms with Crippen LogP contribution < -0.4 is 9.47 Å². The second kappa shape index (κ2) is 6.16. The lowest BCUT2D eigenvalue weighted by Crippen LogP contribution is -1.93. The highest BCUT2D eigenvalue weighted by atomic mass is 35.5. The molecule has 0 amide bonds. The predicted molar refractivity (Wildman–Crippen MR) is 80.4 cm³/mol. The Labute approximate surface area is 127 Å². The molecular formula is C15H12Cl2O3. The summed E-state index contributed by atoms with van der Waals surface area (Å²) in [5, 5.41) is 0.773. The van der Waals surface area contributed by atoms with Gasteiger partial charge in [-0.05, 0) is 29.8 Å². The molecular weight excluding hydrogens is 299 g/mol. The maximum absolute atomic E-state index is 10.8. The predicted octanol–water partition coefficient (Wildman–Crippen LogP) is 4.49. The number of aldehydes is 1. The van der Waals surface area contributed by atoms with Crippen LogP contribution in [0.25, 0.3) is 11.1 Å². The van der Waals surface area contributed by atoms with E-state index in [1.54, 1.807) is 24.3 Å². The lowest BCUT2D eigenvalue weighted by molar-refractivity contribution is 0.112. The molecule has 0 saturated heterocycles. The SMILES string of the molecule is COc1ccc(-c2ccc(C=O)c(Cl)c2)c(OC)c1Cl. The van der Waals surface area contributed by atoms with Crippen LogP contribution in [0.5, 0.6) is 11.5 Å². The van der Waals surface area contributed by atoms with Crippen LogP contribution in [0.4, 0.5) is 0 Å². The van der Waals surface area contributed by atoms with E-state index in [9.17, 15) is 4.79 Å². The van der Waals surface area contributed by atoms with Gasteiger partial charge in [-0.15, -0.1) is 0 Å². The van der Waals surface area contributed by atoms with Crippen LogP contribution in [-0.2, 0) is 0 Å². The average Bonchev–Trinajstić information content (AvgIpc) is 2.46. The molecule has 0 fully saturated rings. The molecule has 0 radical (unpaired) electrons. The molecule has 0 spiro atoms. The summed E-state index contributed by atoms with van der Waals surface area (Å²) >= 11 is 12.3. The maximum Gasteiger partial charge on any atom is 0.151 e. The topological polar surface area (TPSA) is 35.5 Å². The first kappa shape index (κ1) is 14.7. The summed E-state index contributed by atoms with van der Waals surface area (Å²) in [5.41, 5.74) is 2.02. The Morgan fingerprint density at radius 3 is 2.35 bits per heavy atom. The number of hydrogen-bond donors (Lipinski definition) is 0. The third-order valence-corrected chi connectivity index (χ3v) is 3.61. The van der Waals surface area contributed by atoms with Gasteiger partial charge in [0.15, 0.2) is 6.29 Å². The molecule has 5 heteroatoms. The van der Waals surface area contributed by atoms with Gasteiger partial charge in [0.25, 0.3) is 0 Å². The minimum absolute atomic E-state index is 0.381. The second-order valence-corrected chi connectivity index (χ2v) is 4.80. The Balaban J connectivity index is 2.60. The fourth-order valence-corrected chi connectivity index (χ4v) is 2.46. The molecule has 2 rings (SSSR count). The number of benzene rings is 2. The smallest absolute Gasteiger partial charge is 0.151 e. The van der Waals surface area contributed by atoms with Crippen LogP contribution in [0.2, 0.25) is 10.0 Å². The van der Waals surface area contributed by atoms with E-state index < -0.39 is 0 Å². The first-order chi connectivity index (χ1) is 9.62. The third-order valence-electron chi connectivity index (χ3n) is 2.92. The number of carbonyl (C=O) groups excluding carboxylic acids is 1. The molecule has 0 heterocycles. The standard InChI is InChI=1S/C15H12Cl2O3/c1-19-13-6-5-11(15(20-2)14(13)17)9-3-4-10(8-18)12(16)7-9/h3-8H,1-2H3. The number of carbonyl (C=O) groups is 1. The molecule has 104 valence electrons. The van der Waals surface area contributed by atoms with Gasteiger partial charge in [-0.25, -0.2) is 0 Å². The zero-order chi connectivity index (χ0) is 14.7. The van der Waals surface area contributed by atoms with E-state index in [1.807, 2.05) is 6.07 Å². The van der Waals surface area contributed by atoms with Gasteiger partial charge in [-0.3, -0.25) is 4.79 Å². The van der Waals surface area contributed by atoms with Crippen molar-refractivity contribution in [1.29, 1.82) is 0 Å². The van der Waals surface area contributed by atoms with Crippen molar-refractivity contribution in [2.45, 2.75) is 0 Å². The van der Waals surface area contributed by atoms with E-state index >= 15 is 0 Å². The summed E-state index contributed by atoms with van der Waals surface area (Å²) in [6, 6.07) is 8.72. The van der Waals surface area contributed by atoms with E-state index in [4.69, 9.17) is 32.7 Å². The Kier molecular flexibility index (Phi) is 4.53. The molecule has 0 saturated carbocycles. The van der Waals surface area contributed by atoms with Crippen LogP contribution >= 0.6 is 23.2 Å². The first-order valence-corrected chi connectivity index (χ1v) is 6.53. The Morgan fingerprint density at radius 2 is 1.80 bits per heavy atom. The van der Waals surface area contributed by atoms with Crippen LogP contribution in [0, 0.1) is 0 Å². The van der Waals surface area contributed by atoms with Gasteiger partial charge in [0.1, 0.15) is 16.5 Å². The highest BCUT2D eigenvalue weighted by Gasteiger charge is 2.15. The molecule has 0 N–H and O–H groups in total. The van der Waals surface area contributed by atoms with Crippen LogP contribution in [0.3, 0.4) is 0 Å². The van der Waals surface area contributed by atoms with Crippen molar-refractivity contribution in [1.82, 2.24) is 0 Å². The monoisotopic (exact) mass is 310 g/mol. The third kappa shape index (κ3) is 2.60. The Bertz CT molecular complexity index is 654. The highest BCUT2D eigenvalue weighted by molar-refractivity contribution is 6.34. The molecule has 0 aliphatic rings. The minimum Gasteiger partial charge on any atom is -0.495 e. The zero-order valence-corrected chi connectivity index (χ0v) is 12.5. The second-order valence-electron chi connectivity index (χ2n) is 4.02. The summed E-state index contributed by atoms with van der Waals surface area (Å²) in [6.45, 7) is 0. The summed E-state index contributed by atoms with van der Waals surface area (Å²) < 4.78 is 10.5. The van der Waals surface area contributed by atoms with Gasteiger partial charge in [-0.2, -0.15) is 0 Å². The normalized spacial score (nSPS) is 10.2. The van der Waals surface area contributed by atoms with Gasteiger partial charge in [0.2, 0.25) is 0 Å². The van der Waals surface area contributed by atoms with Crippen molar-refractivity contribution in [3.63, 3.8) is 0 Å². The summed E-state index contributed by atoms with van der Waals surface area (Å²) in [5.74, 6) is 1.03. The number of hydrogen-bond acceptors (Lipinski definition) is 3. The van der Waals surface area contributed by atoms with Crippen molar-refractivity contribution >= 4 is 29.5 Å². The molecule has 2 aromatic rings. The molecule has 0 aliphatic heterocycles. The van der Waals surface area contributed by atoms with Crippen LogP contribution in [-0.4, -0.2) is 20.5 Å². The Hall–Kier alpha value is -1.71. The minimum atomic E-state index is 0.381. The molecule has 0 unspecified atom stereocenters. The van der Waals surface area contributed by atoms with Gasteiger partial charge < -0.3 is 9.47 Å². The summed E-state index contributed by atoms with van der Waals surface area (Å²) in [7, 11) is 3.07. The number of rotatable bonds is 4. The summed E-state index contributed by atoms with van der Waals surface area (Å²) in [6.07, 6.45) is 0.713. The van der Waals surface area contributed by atoms with Crippen molar-refractivity contribution < 1.29 is 14.3 Å². The fourth-order valence-electron chi connectivity index (χ4n) is 1.91. The molecule has 0 atom stereocenters. The van der Waals surface area contributed by atoms with E-state index in [0.717, 1.165) is 11.1 Å². The first-order valence-electron chi connectivity index (χ1n) is 5.78. The van der Waals surface area contributed by atoms with Gasteiger partial charge in [-0.1, -0.05) is 29.3 Å². The Morgan fingerprint density at radius 1 is 1.05 bits per heavy atom. The quantitative estimate of drug-likeness (QED) is 0.780. The fraction of sp³-hybridized carbons (Fsp3) is 0.133. The van der Waals surface area contributed by atoms with Gasteiger partial charge in [0.05, 0.1) is 19.2 Å². The number of ether oxygens (including phenoxy) is 2. The number of methoxy groups -OCH3 is 2. The van der Waals surface area contributed by atoms with Crippen molar-refractivity contribution in [3.05, 3.63) is 45.9 Å². The zero-order valence-electron chi connectivity index (χ0n) is 10.9. The molecule has 0 bridgehead atoms. The molecule has 0 aromatic heterocycles. The van der Waals surface area contributed by atoms with Crippen molar-refractivity contribution in [2.24, 2.45) is 0 Å². The van der Waals surface area contributed by atoms with Crippen molar-refractivity contribution in [2.75, 3.05) is 14.2 Å².